The van der Waals surface area contributed by atoms with Crippen molar-refractivity contribution < 1.29 is 14.6 Å². The fourth-order valence-corrected chi connectivity index (χ4v) is 3.34. The predicted octanol–water partition coefficient (Wildman–Crippen LogP) is 5.81. The summed E-state index contributed by atoms with van der Waals surface area (Å²) in [5.74, 6) is 2.33. The van der Waals surface area contributed by atoms with Gasteiger partial charge < -0.3 is 9.84 Å². The van der Waals surface area contributed by atoms with Crippen LogP contribution in [0.4, 0.5) is 0 Å². The van der Waals surface area contributed by atoms with Crippen molar-refractivity contribution in [3.8, 4) is 5.75 Å². The molecular formula is C21H32O3. The summed E-state index contributed by atoms with van der Waals surface area (Å²) in [6.07, 6.45) is 11.6. The van der Waals surface area contributed by atoms with Crippen LogP contribution in [0.1, 0.15) is 69.8 Å². The second-order valence-electron chi connectivity index (χ2n) is 6.60. The van der Waals surface area contributed by atoms with Crippen LogP contribution in [0.5, 0.6) is 5.75 Å². The van der Waals surface area contributed by atoms with Crippen molar-refractivity contribution in [1.29, 1.82) is 0 Å². The van der Waals surface area contributed by atoms with E-state index >= 15 is 0 Å². The number of ether oxygens (including phenoxy) is 1. The van der Waals surface area contributed by atoms with Crippen LogP contribution in [-0.4, -0.2) is 18.5 Å². The lowest BCUT2D eigenvalue weighted by molar-refractivity contribution is -0.106. The molecule has 3 heteroatoms. The van der Waals surface area contributed by atoms with Crippen LogP contribution in [0.25, 0.3) is 0 Å². The van der Waals surface area contributed by atoms with Crippen molar-refractivity contribution in [3.63, 3.8) is 0 Å². The minimum Gasteiger partial charge on any atom is -0.505 e. The second kappa shape index (κ2) is 11.7. The standard InChI is InChI=1S/C18H28O.C3H4O2/c1-3-4-5-6-15-7-9-16(10-8-15)17-11-13-18(19-2)14-12-17;1-3(5)2-4/h11-16H,3-10H2,1-2H3;2,5H,1H2. The molecule has 0 aromatic heterocycles. The number of hydrogen-bond acceptors (Lipinski definition) is 3. The van der Waals surface area contributed by atoms with Gasteiger partial charge in [0.2, 0.25) is 0 Å². The van der Waals surface area contributed by atoms with Gasteiger partial charge in [0.1, 0.15) is 11.5 Å². The Kier molecular flexibility index (Phi) is 9.90. The van der Waals surface area contributed by atoms with Gasteiger partial charge in [-0.25, -0.2) is 0 Å². The van der Waals surface area contributed by atoms with E-state index in [-0.39, 0.29) is 6.29 Å². The van der Waals surface area contributed by atoms with Crippen molar-refractivity contribution in [3.05, 3.63) is 42.2 Å². The molecule has 0 radical (unpaired) electrons. The number of hydrogen-bond donors (Lipinski definition) is 1. The third-order valence-electron chi connectivity index (χ3n) is 4.79. The van der Waals surface area contributed by atoms with Gasteiger partial charge in [0.05, 0.1) is 7.11 Å². The maximum Gasteiger partial charge on any atom is 0.183 e. The Bertz CT molecular complexity index is 470. The Labute approximate surface area is 146 Å². The van der Waals surface area contributed by atoms with Gasteiger partial charge >= 0.3 is 0 Å². The molecule has 24 heavy (non-hydrogen) atoms. The van der Waals surface area contributed by atoms with Crippen LogP contribution in [0, 0.1) is 5.92 Å². The first-order valence-corrected chi connectivity index (χ1v) is 9.07. The molecule has 134 valence electrons. The van der Waals surface area contributed by atoms with Crippen molar-refractivity contribution >= 4 is 6.29 Å². The molecule has 0 unspecified atom stereocenters. The molecule has 0 amide bonds. The number of aliphatic hydroxyl groups is 1. The number of carbonyl (C=O) groups excluding carboxylic acids is 1. The summed E-state index contributed by atoms with van der Waals surface area (Å²) in [4.78, 5) is 9.16. The number of benzene rings is 1. The summed E-state index contributed by atoms with van der Waals surface area (Å²) in [7, 11) is 1.73. The van der Waals surface area contributed by atoms with Crippen LogP contribution >= 0.6 is 0 Å². The highest BCUT2D eigenvalue weighted by Gasteiger charge is 2.21. The van der Waals surface area contributed by atoms with Gasteiger partial charge in [-0.2, -0.15) is 0 Å². The van der Waals surface area contributed by atoms with Gasteiger partial charge in [0, 0.05) is 0 Å². The zero-order valence-electron chi connectivity index (χ0n) is 15.2. The van der Waals surface area contributed by atoms with Gasteiger partial charge in [-0.1, -0.05) is 51.3 Å². The molecule has 0 atom stereocenters. The van der Waals surface area contributed by atoms with Gasteiger partial charge in [0.15, 0.2) is 6.29 Å². The molecular weight excluding hydrogens is 300 g/mol. The largest absolute Gasteiger partial charge is 0.505 e. The van der Waals surface area contributed by atoms with E-state index in [1.54, 1.807) is 7.11 Å². The highest BCUT2D eigenvalue weighted by molar-refractivity contribution is 5.68. The molecule has 0 aliphatic heterocycles. The molecule has 1 fully saturated rings. The summed E-state index contributed by atoms with van der Waals surface area (Å²) in [6.45, 7) is 5.15. The summed E-state index contributed by atoms with van der Waals surface area (Å²) in [6, 6.07) is 8.70. The van der Waals surface area contributed by atoms with E-state index in [2.05, 4.69) is 37.8 Å². The van der Waals surface area contributed by atoms with E-state index in [0.717, 1.165) is 17.6 Å². The van der Waals surface area contributed by atoms with E-state index in [4.69, 9.17) is 14.6 Å². The fraction of sp³-hybridized carbons (Fsp3) is 0.571. The molecule has 1 saturated carbocycles. The summed E-state index contributed by atoms with van der Waals surface area (Å²) < 4.78 is 5.23. The maximum absolute atomic E-state index is 9.16. The van der Waals surface area contributed by atoms with Gasteiger partial charge in [-0.15, -0.1) is 0 Å². The van der Waals surface area contributed by atoms with Crippen molar-refractivity contribution in [2.45, 2.75) is 64.2 Å². The third kappa shape index (κ3) is 7.67. The highest BCUT2D eigenvalue weighted by atomic mass is 16.5. The molecule has 0 saturated heterocycles. The Morgan fingerprint density at radius 3 is 2.25 bits per heavy atom. The second-order valence-corrected chi connectivity index (χ2v) is 6.60. The predicted molar refractivity (Wildman–Crippen MR) is 99.7 cm³/mol. The smallest absolute Gasteiger partial charge is 0.183 e. The average molecular weight is 332 g/mol. The number of carbonyl (C=O) groups is 1. The fourth-order valence-electron chi connectivity index (χ4n) is 3.34. The van der Waals surface area contributed by atoms with E-state index in [9.17, 15) is 0 Å². The molecule has 1 aromatic carbocycles. The first-order chi connectivity index (χ1) is 11.6. The lowest BCUT2D eigenvalue weighted by Crippen LogP contribution is -2.13. The quantitative estimate of drug-likeness (QED) is 0.297. The number of methoxy groups -OCH3 is 1. The zero-order chi connectivity index (χ0) is 17.8. The van der Waals surface area contributed by atoms with Crippen LogP contribution in [0.2, 0.25) is 0 Å². The minimum atomic E-state index is -0.426. The Balaban J connectivity index is 0.000000505. The number of rotatable bonds is 7. The lowest BCUT2D eigenvalue weighted by atomic mass is 9.77. The van der Waals surface area contributed by atoms with Gasteiger partial charge in [0.25, 0.3) is 0 Å². The topological polar surface area (TPSA) is 46.5 Å². The molecule has 0 spiro atoms. The van der Waals surface area contributed by atoms with E-state index in [1.807, 2.05) is 0 Å². The average Bonchev–Trinajstić information content (AvgIpc) is 2.63. The summed E-state index contributed by atoms with van der Waals surface area (Å²) in [5.41, 5.74) is 1.51. The van der Waals surface area contributed by atoms with Crippen LogP contribution in [-0.2, 0) is 4.79 Å². The Morgan fingerprint density at radius 1 is 1.21 bits per heavy atom. The van der Waals surface area contributed by atoms with Gasteiger partial charge in [-0.3, -0.25) is 4.79 Å². The summed E-state index contributed by atoms with van der Waals surface area (Å²) >= 11 is 0. The van der Waals surface area contributed by atoms with E-state index in [0.29, 0.717) is 0 Å². The molecule has 0 bridgehead atoms. The first-order valence-electron chi connectivity index (χ1n) is 9.07. The minimum absolute atomic E-state index is 0.278. The highest BCUT2D eigenvalue weighted by Crippen LogP contribution is 2.38. The van der Waals surface area contributed by atoms with E-state index in [1.165, 1.54) is 56.9 Å². The van der Waals surface area contributed by atoms with Crippen LogP contribution in [0.3, 0.4) is 0 Å². The SMILES string of the molecule is C=C(O)C=O.CCCCCC1CCC(c2ccc(OC)cc2)CC1. The van der Waals surface area contributed by atoms with E-state index < -0.39 is 5.76 Å². The van der Waals surface area contributed by atoms with Crippen molar-refractivity contribution in [2.75, 3.05) is 7.11 Å². The monoisotopic (exact) mass is 332 g/mol. The maximum atomic E-state index is 9.16. The number of aliphatic hydroxyl groups excluding tert-OH is 1. The molecule has 3 nitrogen and oxygen atoms in total. The number of allylic oxidation sites excluding steroid dienone is 1. The molecule has 1 N–H and O–H groups in total. The number of unbranched alkanes of at least 4 members (excludes halogenated alkanes) is 2. The Morgan fingerprint density at radius 2 is 1.79 bits per heavy atom. The number of aldehydes is 1. The lowest BCUT2D eigenvalue weighted by Gasteiger charge is -2.29. The third-order valence-corrected chi connectivity index (χ3v) is 4.79. The molecule has 2 rings (SSSR count). The molecule has 1 aliphatic rings. The molecule has 1 aromatic rings. The first kappa shape index (κ1) is 20.3. The molecule has 1 aliphatic carbocycles. The van der Waals surface area contributed by atoms with Crippen molar-refractivity contribution in [1.82, 2.24) is 0 Å². The van der Waals surface area contributed by atoms with Crippen molar-refractivity contribution in [2.24, 2.45) is 5.92 Å². The van der Waals surface area contributed by atoms with Crippen LogP contribution < -0.4 is 4.74 Å². The zero-order valence-corrected chi connectivity index (χ0v) is 15.2. The Hall–Kier alpha value is -1.77. The molecule has 0 heterocycles. The summed E-state index contributed by atoms with van der Waals surface area (Å²) in [5, 5.41) is 7.80. The van der Waals surface area contributed by atoms with Crippen LogP contribution in [0.15, 0.2) is 36.6 Å². The van der Waals surface area contributed by atoms with Gasteiger partial charge in [-0.05, 0) is 55.2 Å². The normalized spacial score (nSPS) is 19.8.